The van der Waals surface area contributed by atoms with Gasteiger partial charge in [-0.2, -0.15) is 0 Å². The Hall–Kier alpha value is -1.15. The van der Waals surface area contributed by atoms with Crippen LogP contribution in [-0.4, -0.2) is 0 Å². The number of hydrogen-bond acceptors (Lipinski definition) is 2. The fourth-order valence-electron chi connectivity index (χ4n) is 2.06. The Morgan fingerprint density at radius 1 is 1.29 bits per heavy atom. The maximum atomic E-state index is 5.80. The van der Waals surface area contributed by atoms with Crippen molar-refractivity contribution in [2.45, 2.75) is 17.2 Å². The maximum absolute atomic E-state index is 5.80. The molecular weight excluding hydrogens is 190 g/mol. The maximum Gasteiger partial charge on any atom is 0.0282 e. The summed E-state index contributed by atoms with van der Waals surface area (Å²) >= 11 is 1.86. The van der Waals surface area contributed by atoms with E-state index in [9.17, 15) is 0 Å². The normalized spacial score (nSPS) is 23.6. The molecule has 70 valence electrons. The highest BCUT2D eigenvalue weighted by atomic mass is 32.2. The number of nitrogens with two attached hydrogens (primary N) is 1. The van der Waals surface area contributed by atoms with Crippen LogP contribution in [0, 0.1) is 0 Å². The van der Waals surface area contributed by atoms with Gasteiger partial charge in [-0.3, -0.25) is 0 Å². The SMILES string of the molecule is NC1=CCC2C(=C1)Sc1ccccc12. The van der Waals surface area contributed by atoms with Crippen LogP contribution in [0.15, 0.2) is 51.9 Å². The first-order valence-corrected chi connectivity index (χ1v) is 5.60. The molecule has 0 bridgehead atoms. The summed E-state index contributed by atoms with van der Waals surface area (Å²) in [5.41, 5.74) is 8.18. The first kappa shape index (κ1) is 8.18. The average Bonchev–Trinajstić information content (AvgIpc) is 2.54. The molecule has 1 aliphatic heterocycles. The zero-order valence-electron chi connectivity index (χ0n) is 7.73. The van der Waals surface area contributed by atoms with Gasteiger partial charge in [0.1, 0.15) is 0 Å². The molecule has 1 atom stereocenters. The lowest BCUT2D eigenvalue weighted by Crippen LogP contribution is -2.04. The molecule has 1 heterocycles. The fourth-order valence-corrected chi connectivity index (χ4v) is 3.35. The third-order valence-electron chi connectivity index (χ3n) is 2.76. The summed E-state index contributed by atoms with van der Waals surface area (Å²) in [6.45, 7) is 0. The van der Waals surface area contributed by atoms with Crippen LogP contribution in [0.1, 0.15) is 17.9 Å². The molecule has 0 amide bonds. The molecule has 2 heteroatoms. The molecule has 2 N–H and O–H groups in total. The summed E-state index contributed by atoms with van der Waals surface area (Å²) in [6, 6.07) is 8.63. The molecule has 0 saturated carbocycles. The molecular formula is C12H11NS. The smallest absolute Gasteiger partial charge is 0.0282 e. The van der Waals surface area contributed by atoms with Crippen LogP contribution in [0.2, 0.25) is 0 Å². The Labute approximate surface area is 87.7 Å². The van der Waals surface area contributed by atoms with E-state index in [1.807, 2.05) is 11.8 Å². The second-order valence-electron chi connectivity index (χ2n) is 3.68. The summed E-state index contributed by atoms with van der Waals surface area (Å²) in [4.78, 5) is 2.80. The van der Waals surface area contributed by atoms with Gasteiger partial charge in [0.25, 0.3) is 0 Å². The van der Waals surface area contributed by atoms with Gasteiger partial charge in [-0.25, -0.2) is 0 Å². The third-order valence-corrected chi connectivity index (χ3v) is 3.99. The standard InChI is InChI=1S/C12H11NS/c13-8-5-6-10-9-3-1-2-4-11(9)14-12(10)7-8/h1-5,7,10H,6,13H2. The van der Waals surface area contributed by atoms with Gasteiger partial charge in [0, 0.05) is 16.5 Å². The van der Waals surface area contributed by atoms with E-state index in [0.29, 0.717) is 5.92 Å². The number of rotatable bonds is 0. The highest BCUT2D eigenvalue weighted by Crippen LogP contribution is 2.51. The number of allylic oxidation sites excluding steroid dienone is 3. The fraction of sp³-hybridized carbons (Fsp3) is 0.167. The monoisotopic (exact) mass is 201 g/mol. The molecule has 1 aromatic carbocycles. The average molecular weight is 201 g/mol. The molecule has 0 radical (unpaired) electrons. The lowest BCUT2D eigenvalue weighted by Gasteiger charge is -2.14. The molecule has 1 unspecified atom stereocenters. The van der Waals surface area contributed by atoms with Crippen LogP contribution in [0.5, 0.6) is 0 Å². The predicted molar refractivity (Wildman–Crippen MR) is 60.0 cm³/mol. The minimum absolute atomic E-state index is 0.573. The van der Waals surface area contributed by atoms with Crippen molar-refractivity contribution in [2.24, 2.45) is 5.73 Å². The van der Waals surface area contributed by atoms with Crippen molar-refractivity contribution in [1.82, 2.24) is 0 Å². The highest BCUT2D eigenvalue weighted by molar-refractivity contribution is 8.03. The molecule has 1 aromatic rings. The van der Waals surface area contributed by atoms with Crippen molar-refractivity contribution in [3.05, 3.63) is 52.6 Å². The van der Waals surface area contributed by atoms with E-state index in [1.54, 1.807) is 0 Å². The molecule has 2 aliphatic rings. The predicted octanol–water partition coefficient (Wildman–Crippen LogP) is 3.01. The first-order valence-electron chi connectivity index (χ1n) is 4.78. The molecule has 0 saturated heterocycles. The minimum Gasteiger partial charge on any atom is -0.399 e. The third kappa shape index (κ3) is 1.11. The molecule has 0 spiro atoms. The Morgan fingerprint density at radius 3 is 3.07 bits per heavy atom. The summed E-state index contributed by atoms with van der Waals surface area (Å²) < 4.78 is 0. The van der Waals surface area contributed by atoms with Gasteiger partial charge in [-0.1, -0.05) is 36.0 Å². The lowest BCUT2D eigenvalue weighted by molar-refractivity contribution is 0.827. The van der Waals surface area contributed by atoms with Crippen LogP contribution >= 0.6 is 11.8 Å². The Bertz CT molecular complexity index is 445. The van der Waals surface area contributed by atoms with E-state index in [1.165, 1.54) is 15.4 Å². The van der Waals surface area contributed by atoms with Crippen LogP contribution < -0.4 is 5.73 Å². The van der Waals surface area contributed by atoms with Gasteiger partial charge in [0.15, 0.2) is 0 Å². The zero-order valence-corrected chi connectivity index (χ0v) is 8.55. The zero-order chi connectivity index (χ0) is 9.54. The van der Waals surface area contributed by atoms with Gasteiger partial charge >= 0.3 is 0 Å². The van der Waals surface area contributed by atoms with Crippen molar-refractivity contribution in [2.75, 3.05) is 0 Å². The molecule has 0 aromatic heterocycles. The quantitative estimate of drug-likeness (QED) is 0.698. The van der Waals surface area contributed by atoms with E-state index < -0.39 is 0 Å². The Balaban J connectivity index is 2.09. The van der Waals surface area contributed by atoms with Crippen LogP contribution in [0.3, 0.4) is 0 Å². The van der Waals surface area contributed by atoms with E-state index in [-0.39, 0.29) is 0 Å². The van der Waals surface area contributed by atoms with Crippen molar-refractivity contribution < 1.29 is 0 Å². The van der Waals surface area contributed by atoms with Crippen molar-refractivity contribution in [3.8, 4) is 0 Å². The second-order valence-corrected chi connectivity index (χ2v) is 4.79. The second kappa shape index (κ2) is 2.92. The van der Waals surface area contributed by atoms with Gasteiger partial charge in [0.05, 0.1) is 0 Å². The number of thioether (sulfide) groups is 1. The highest BCUT2D eigenvalue weighted by Gasteiger charge is 2.28. The molecule has 1 nitrogen and oxygen atoms in total. The molecule has 14 heavy (non-hydrogen) atoms. The van der Waals surface area contributed by atoms with Crippen molar-refractivity contribution in [3.63, 3.8) is 0 Å². The van der Waals surface area contributed by atoms with E-state index >= 15 is 0 Å². The Morgan fingerprint density at radius 2 is 2.14 bits per heavy atom. The van der Waals surface area contributed by atoms with Gasteiger partial charge in [-0.05, 0) is 29.0 Å². The van der Waals surface area contributed by atoms with Crippen LogP contribution in [-0.2, 0) is 0 Å². The summed E-state index contributed by atoms with van der Waals surface area (Å²) in [5, 5.41) is 0. The van der Waals surface area contributed by atoms with Crippen LogP contribution in [0.25, 0.3) is 0 Å². The largest absolute Gasteiger partial charge is 0.399 e. The van der Waals surface area contributed by atoms with E-state index in [4.69, 9.17) is 5.73 Å². The van der Waals surface area contributed by atoms with Gasteiger partial charge < -0.3 is 5.73 Å². The van der Waals surface area contributed by atoms with Gasteiger partial charge in [-0.15, -0.1) is 0 Å². The molecule has 3 rings (SSSR count). The van der Waals surface area contributed by atoms with Gasteiger partial charge in [0.2, 0.25) is 0 Å². The summed E-state index contributed by atoms with van der Waals surface area (Å²) in [5.74, 6) is 0.573. The minimum atomic E-state index is 0.573. The number of hydrogen-bond donors (Lipinski definition) is 1. The van der Waals surface area contributed by atoms with Crippen LogP contribution in [0.4, 0.5) is 0 Å². The first-order chi connectivity index (χ1) is 6.84. The van der Waals surface area contributed by atoms with E-state index in [0.717, 1.165) is 12.1 Å². The van der Waals surface area contributed by atoms with E-state index in [2.05, 4.69) is 36.4 Å². The number of fused-ring (bicyclic) bond motifs is 3. The van der Waals surface area contributed by atoms with Crippen molar-refractivity contribution >= 4 is 11.8 Å². The van der Waals surface area contributed by atoms with Crippen molar-refractivity contribution in [1.29, 1.82) is 0 Å². The summed E-state index contributed by atoms with van der Waals surface area (Å²) in [7, 11) is 0. The summed E-state index contributed by atoms with van der Waals surface area (Å²) in [6.07, 6.45) is 5.29. The molecule has 1 aliphatic carbocycles. The topological polar surface area (TPSA) is 26.0 Å². The lowest BCUT2D eigenvalue weighted by atomic mass is 9.92. The Kier molecular flexibility index (Phi) is 1.71. The molecule has 0 fully saturated rings. The number of benzene rings is 1.